The number of nitrogens with one attached hydrogen (secondary N) is 1. The van der Waals surface area contributed by atoms with Gasteiger partial charge in [-0.25, -0.2) is 18.1 Å². The molecule has 0 spiro atoms. The number of rotatable bonds is 11. The van der Waals surface area contributed by atoms with Gasteiger partial charge in [0.15, 0.2) is 5.16 Å². The molecule has 200 valence electrons. The van der Waals surface area contributed by atoms with Gasteiger partial charge in [-0.2, -0.15) is 0 Å². The minimum atomic E-state index is -3.51. The lowest BCUT2D eigenvalue weighted by Gasteiger charge is -2.19. The van der Waals surface area contributed by atoms with E-state index in [1.165, 1.54) is 0 Å². The highest BCUT2D eigenvalue weighted by Gasteiger charge is 2.20. The highest BCUT2D eigenvalue weighted by Crippen LogP contribution is 2.36. The van der Waals surface area contributed by atoms with Crippen LogP contribution in [0.2, 0.25) is 0 Å². The molecule has 5 nitrogen and oxygen atoms in total. The third-order valence-electron chi connectivity index (χ3n) is 6.47. The largest absolute Gasteiger partial charge is 0.319 e. The van der Waals surface area contributed by atoms with Gasteiger partial charge in [0.05, 0.1) is 16.3 Å². The molecule has 0 aliphatic rings. The molecule has 0 bridgehead atoms. The van der Waals surface area contributed by atoms with Gasteiger partial charge in [0.1, 0.15) is 0 Å². The summed E-state index contributed by atoms with van der Waals surface area (Å²) in [6, 6.07) is 27.9. The van der Waals surface area contributed by atoms with Crippen molar-refractivity contribution in [3.63, 3.8) is 0 Å². The first kappa shape index (κ1) is 28.1. The Morgan fingerprint density at radius 2 is 1.45 bits per heavy atom. The normalized spacial score (nSPS) is 12.1. The highest BCUT2D eigenvalue weighted by molar-refractivity contribution is 7.99. The van der Waals surface area contributed by atoms with Crippen molar-refractivity contribution in [1.29, 1.82) is 0 Å². The number of imidazole rings is 1. The zero-order valence-electron chi connectivity index (χ0n) is 22.6. The summed E-state index contributed by atoms with van der Waals surface area (Å²) < 4.78 is 30.5. The maximum Gasteiger partial charge on any atom is 0.240 e. The molecule has 38 heavy (non-hydrogen) atoms. The fraction of sp³-hybridized carbons (Fsp3) is 0.323. The Bertz CT molecular complexity index is 1420. The Morgan fingerprint density at radius 3 is 2.03 bits per heavy atom. The van der Waals surface area contributed by atoms with E-state index in [9.17, 15) is 8.42 Å². The van der Waals surface area contributed by atoms with Gasteiger partial charge in [0.25, 0.3) is 0 Å². The van der Waals surface area contributed by atoms with Crippen molar-refractivity contribution in [2.45, 2.75) is 62.5 Å². The lowest BCUT2D eigenvalue weighted by atomic mass is 9.87. The van der Waals surface area contributed by atoms with Gasteiger partial charge in [-0.05, 0) is 42.9 Å². The highest BCUT2D eigenvalue weighted by atomic mass is 32.2. The van der Waals surface area contributed by atoms with E-state index in [4.69, 9.17) is 4.98 Å². The van der Waals surface area contributed by atoms with Crippen molar-refractivity contribution in [2.24, 2.45) is 0 Å². The van der Waals surface area contributed by atoms with Crippen molar-refractivity contribution < 1.29 is 8.42 Å². The van der Waals surface area contributed by atoms with Crippen molar-refractivity contribution in [3.8, 4) is 22.5 Å². The fourth-order valence-electron chi connectivity index (χ4n) is 4.34. The second-order valence-corrected chi connectivity index (χ2v) is 13.1. The second-order valence-electron chi connectivity index (χ2n) is 10.3. The van der Waals surface area contributed by atoms with Crippen LogP contribution in [-0.2, 0) is 22.0 Å². The zero-order chi connectivity index (χ0) is 27.2. The molecule has 0 saturated heterocycles. The monoisotopic (exact) mass is 547 g/mol. The molecule has 0 aliphatic carbocycles. The minimum Gasteiger partial charge on any atom is -0.319 e. The van der Waals surface area contributed by atoms with Gasteiger partial charge < -0.3 is 4.57 Å². The van der Waals surface area contributed by atoms with E-state index in [2.05, 4.69) is 73.4 Å². The first-order valence-corrected chi connectivity index (χ1v) is 15.6. The van der Waals surface area contributed by atoms with Crippen LogP contribution in [0.15, 0.2) is 95.0 Å². The van der Waals surface area contributed by atoms with E-state index in [1.807, 2.05) is 36.4 Å². The van der Waals surface area contributed by atoms with Crippen LogP contribution < -0.4 is 4.72 Å². The van der Waals surface area contributed by atoms with Crippen LogP contribution >= 0.6 is 11.8 Å². The van der Waals surface area contributed by atoms with E-state index >= 15 is 0 Å². The summed E-state index contributed by atoms with van der Waals surface area (Å²) in [6.45, 7) is 9.73. The van der Waals surface area contributed by atoms with Crippen LogP contribution in [0, 0.1) is 0 Å². The van der Waals surface area contributed by atoms with Crippen molar-refractivity contribution in [1.82, 2.24) is 14.3 Å². The topological polar surface area (TPSA) is 64.0 Å². The number of aromatic nitrogens is 2. The van der Waals surface area contributed by atoms with E-state index in [0.29, 0.717) is 11.4 Å². The number of nitrogens with zero attached hydrogens (tertiary/aromatic N) is 2. The van der Waals surface area contributed by atoms with Gasteiger partial charge in [-0.15, -0.1) is 0 Å². The van der Waals surface area contributed by atoms with Crippen molar-refractivity contribution >= 4 is 21.8 Å². The van der Waals surface area contributed by atoms with E-state index in [0.717, 1.165) is 58.4 Å². The Kier molecular flexibility index (Phi) is 9.13. The summed E-state index contributed by atoms with van der Waals surface area (Å²) in [7, 11) is -3.51. The summed E-state index contributed by atoms with van der Waals surface area (Å²) in [5.74, 6) is 0.863. The molecule has 0 amide bonds. The SMILES string of the molecule is CCn1c(SCCCCNS(=O)(=O)c2ccc(C(C)(C)C)cc2)nc(-c2ccccc2)c1-c1ccccc1. The first-order valence-electron chi connectivity index (χ1n) is 13.1. The Labute approximate surface area is 231 Å². The van der Waals surface area contributed by atoms with Crippen LogP contribution in [0.5, 0.6) is 0 Å². The third-order valence-corrected chi connectivity index (χ3v) is 9.01. The van der Waals surface area contributed by atoms with Crippen molar-refractivity contribution in [3.05, 3.63) is 90.5 Å². The number of hydrogen-bond donors (Lipinski definition) is 1. The predicted octanol–water partition coefficient (Wildman–Crippen LogP) is 7.39. The van der Waals surface area contributed by atoms with Crippen LogP contribution in [0.4, 0.5) is 0 Å². The Balaban J connectivity index is 1.38. The summed E-state index contributed by atoms with van der Waals surface area (Å²) in [6.07, 6.45) is 1.64. The fourth-order valence-corrected chi connectivity index (χ4v) is 6.47. The quantitative estimate of drug-likeness (QED) is 0.157. The van der Waals surface area contributed by atoms with Gasteiger partial charge >= 0.3 is 0 Å². The Hall–Kier alpha value is -2.87. The lowest BCUT2D eigenvalue weighted by molar-refractivity contribution is 0.576. The minimum absolute atomic E-state index is 0.0103. The van der Waals surface area contributed by atoms with Gasteiger partial charge in [0, 0.05) is 30.0 Å². The molecule has 0 radical (unpaired) electrons. The van der Waals surface area contributed by atoms with Gasteiger partial charge in [0.2, 0.25) is 10.0 Å². The molecule has 0 fully saturated rings. The molecular weight excluding hydrogens is 510 g/mol. The summed E-state index contributed by atoms with van der Waals surface area (Å²) >= 11 is 1.73. The summed E-state index contributed by atoms with van der Waals surface area (Å²) in [5.41, 5.74) is 5.48. The molecule has 4 aromatic rings. The molecule has 4 rings (SSSR count). The first-order chi connectivity index (χ1) is 18.2. The second kappa shape index (κ2) is 12.3. The number of unbranched alkanes of at least 4 members (excludes halogenated alkanes) is 1. The van der Waals surface area contributed by atoms with Crippen LogP contribution in [0.3, 0.4) is 0 Å². The smallest absolute Gasteiger partial charge is 0.240 e. The molecule has 0 aliphatic heterocycles. The van der Waals surface area contributed by atoms with Crippen molar-refractivity contribution in [2.75, 3.05) is 12.3 Å². The lowest BCUT2D eigenvalue weighted by Crippen LogP contribution is -2.25. The van der Waals surface area contributed by atoms with E-state index < -0.39 is 10.0 Å². The number of hydrogen-bond acceptors (Lipinski definition) is 4. The number of benzene rings is 3. The summed E-state index contributed by atoms with van der Waals surface area (Å²) in [4.78, 5) is 5.37. The average molecular weight is 548 g/mol. The third kappa shape index (κ3) is 6.76. The van der Waals surface area contributed by atoms with Gasteiger partial charge in [-0.3, -0.25) is 0 Å². The van der Waals surface area contributed by atoms with Crippen LogP contribution in [0.1, 0.15) is 46.1 Å². The maximum atomic E-state index is 12.7. The number of thioether (sulfide) groups is 1. The number of sulfonamides is 1. The molecule has 0 saturated carbocycles. The molecule has 0 unspecified atom stereocenters. The van der Waals surface area contributed by atoms with Gasteiger partial charge in [-0.1, -0.05) is 105 Å². The molecule has 1 heterocycles. The van der Waals surface area contributed by atoms with E-state index in [-0.39, 0.29) is 5.41 Å². The summed E-state index contributed by atoms with van der Waals surface area (Å²) in [5, 5.41) is 0.990. The molecule has 7 heteroatoms. The van der Waals surface area contributed by atoms with Crippen LogP contribution in [0.25, 0.3) is 22.5 Å². The molecule has 1 N–H and O–H groups in total. The standard InChI is InChI=1S/C31H37N3O2S2/c1-5-34-29(25-16-10-7-11-17-25)28(24-14-8-6-9-15-24)33-30(34)37-23-13-12-22-32-38(35,36)27-20-18-26(19-21-27)31(2,3)4/h6-11,14-21,32H,5,12-13,22-23H2,1-4H3. The average Bonchev–Trinajstić information content (AvgIpc) is 3.29. The Morgan fingerprint density at radius 1 is 0.842 bits per heavy atom. The molecule has 3 aromatic carbocycles. The molecule has 1 aromatic heterocycles. The maximum absolute atomic E-state index is 12.7. The molecule has 0 atom stereocenters. The van der Waals surface area contributed by atoms with E-state index in [1.54, 1.807) is 23.9 Å². The van der Waals surface area contributed by atoms with Crippen LogP contribution in [-0.4, -0.2) is 30.3 Å². The predicted molar refractivity (Wildman–Crippen MR) is 159 cm³/mol. The molecular formula is C31H37N3O2S2. The zero-order valence-corrected chi connectivity index (χ0v) is 24.3.